The Bertz CT molecular complexity index is 113. The lowest BCUT2D eigenvalue weighted by molar-refractivity contribution is 0.324. The van der Waals surface area contributed by atoms with Crippen molar-refractivity contribution in [1.29, 1.82) is 0 Å². The summed E-state index contributed by atoms with van der Waals surface area (Å²) >= 11 is 0. The predicted octanol–water partition coefficient (Wildman–Crippen LogP) is 3.39. The van der Waals surface area contributed by atoms with E-state index >= 15 is 0 Å². The summed E-state index contributed by atoms with van der Waals surface area (Å²) in [6, 6.07) is 0. The Balaban J connectivity index is 2.33. The lowest BCUT2D eigenvalue weighted by atomic mass is 9.83. The molecule has 10 heavy (non-hydrogen) atoms. The highest BCUT2D eigenvalue weighted by atomic mass is 14.2. The number of rotatable bonds is 2. The van der Waals surface area contributed by atoms with Crippen molar-refractivity contribution < 1.29 is 0 Å². The zero-order chi connectivity index (χ0) is 7.40. The molecule has 0 aromatic carbocycles. The highest BCUT2D eigenvalue weighted by Crippen LogP contribution is 2.27. The van der Waals surface area contributed by atoms with Gasteiger partial charge in [0.05, 0.1) is 0 Å². The third-order valence-electron chi connectivity index (χ3n) is 2.76. The normalized spacial score (nSPS) is 28.4. The van der Waals surface area contributed by atoms with Crippen LogP contribution in [0.25, 0.3) is 0 Å². The fraction of sp³-hybridized carbons (Fsp3) is 0.800. The van der Waals surface area contributed by atoms with Crippen LogP contribution in [-0.2, 0) is 0 Å². The van der Waals surface area contributed by atoms with Crippen LogP contribution in [0.2, 0.25) is 0 Å². The molecule has 0 saturated heterocycles. The lowest BCUT2D eigenvalue weighted by Crippen LogP contribution is -2.11. The van der Waals surface area contributed by atoms with Crippen LogP contribution in [0.15, 0.2) is 12.2 Å². The summed E-state index contributed by atoms with van der Waals surface area (Å²) in [5.74, 6) is 1.92. The van der Waals surface area contributed by atoms with Gasteiger partial charge in [0.15, 0.2) is 0 Å². The lowest BCUT2D eigenvalue weighted by Gasteiger charge is -2.23. The fourth-order valence-corrected chi connectivity index (χ4v) is 1.67. The molecule has 0 bridgehead atoms. The minimum atomic E-state index is 0.935. The summed E-state index contributed by atoms with van der Waals surface area (Å²) in [6.45, 7) is 4.67. The van der Waals surface area contributed by atoms with E-state index in [1.54, 1.807) is 0 Å². The van der Waals surface area contributed by atoms with Gasteiger partial charge in [-0.1, -0.05) is 32.4 Å². The number of hydrogen-bond acceptors (Lipinski definition) is 0. The summed E-state index contributed by atoms with van der Waals surface area (Å²) in [5.41, 5.74) is 0. The van der Waals surface area contributed by atoms with Gasteiger partial charge < -0.3 is 0 Å². The van der Waals surface area contributed by atoms with Crippen LogP contribution in [0.3, 0.4) is 0 Å². The predicted molar refractivity (Wildman–Crippen MR) is 45.9 cm³/mol. The number of allylic oxidation sites excluding steroid dienone is 2. The smallest absolute Gasteiger partial charge is 0.0320 e. The van der Waals surface area contributed by atoms with Crippen LogP contribution in [0, 0.1) is 11.8 Å². The van der Waals surface area contributed by atoms with Crippen LogP contribution in [-0.4, -0.2) is 0 Å². The van der Waals surface area contributed by atoms with Crippen LogP contribution in [0.4, 0.5) is 0 Å². The summed E-state index contributed by atoms with van der Waals surface area (Å²) in [5, 5.41) is 0. The molecule has 0 radical (unpaired) electrons. The molecule has 1 rings (SSSR count). The standard InChI is InChI=1S/C10H18/c1-3-9(2)10-7-5-4-6-8-10/h4-5,9-10H,3,6-8H2,1-2H3. The van der Waals surface area contributed by atoms with Crippen molar-refractivity contribution in [3.8, 4) is 0 Å². The van der Waals surface area contributed by atoms with Gasteiger partial charge in [-0.25, -0.2) is 0 Å². The van der Waals surface area contributed by atoms with E-state index in [2.05, 4.69) is 26.0 Å². The topological polar surface area (TPSA) is 0 Å². The first-order valence-corrected chi connectivity index (χ1v) is 4.49. The highest BCUT2D eigenvalue weighted by Gasteiger charge is 2.15. The van der Waals surface area contributed by atoms with Crippen molar-refractivity contribution in [2.75, 3.05) is 0 Å². The average Bonchev–Trinajstić information content (AvgIpc) is 2.05. The van der Waals surface area contributed by atoms with Crippen molar-refractivity contribution in [2.45, 2.75) is 39.5 Å². The summed E-state index contributed by atoms with van der Waals surface area (Å²) in [4.78, 5) is 0. The third kappa shape index (κ3) is 1.86. The molecule has 0 heterocycles. The van der Waals surface area contributed by atoms with E-state index in [0.29, 0.717) is 0 Å². The van der Waals surface area contributed by atoms with Crippen molar-refractivity contribution in [3.63, 3.8) is 0 Å². The summed E-state index contributed by atoms with van der Waals surface area (Å²) in [6.07, 6.45) is 10.1. The first-order valence-electron chi connectivity index (χ1n) is 4.49. The Morgan fingerprint density at radius 2 is 2.30 bits per heavy atom. The molecule has 0 amide bonds. The fourth-order valence-electron chi connectivity index (χ4n) is 1.67. The van der Waals surface area contributed by atoms with Gasteiger partial charge in [-0.3, -0.25) is 0 Å². The molecule has 0 aromatic rings. The summed E-state index contributed by atoms with van der Waals surface area (Å²) < 4.78 is 0. The summed E-state index contributed by atoms with van der Waals surface area (Å²) in [7, 11) is 0. The molecule has 1 aliphatic carbocycles. The van der Waals surface area contributed by atoms with Gasteiger partial charge in [-0.2, -0.15) is 0 Å². The van der Waals surface area contributed by atoms with Gasteiger partial charge in [0.1, 0.15) is 0 Å². The molecule has 0 fully saturated rings. The first kappa shape index (κ1) is 7.84. The maximum absolute atomic E-state index is 2.38. The van der Waals surface area contributed by atoms with Gasteiger partial charge in [0.25, 0.3) is 0 Å². The zero-order valence-corrected chi connectivity index (χ0v) is 7.14. The first-order chi connectivity index (χ1) is 4.84. The number of hydrogen-bond donors (Lipinski definition) is 0. The van der Waals surface area contributed by atoms with Crippen molar-refractivity contribution >= 4 is 0 Å². The highest BCUT2D eigenvalue weighted by molar-refractivity contribution is 4.91. The second kappa shape index (κ2) is 3.80. The molecule has 0 aliphatic heterocycles. The molecule has 0 N–H and O–H groups in total. The maximum atomic E-state index is 2.38. The largest absolute Gasteiger partial charge is 0.0885 e. The van der Waals surface area contributed by atoms with Crippen molar-refractivity contribution in [3.05, 3.63) is 12.2 Å². The van der Waals surface area contributed by atoms with Crippen molar-refractivity contribution in [2.24, 2.45) is 11.8 Å². The second-order valence-electron chi connectivity index (χ2n) is 3.43. The van der Waals surface area contributed by atoms with E-state index in [9.17, 15) is 0 Å². The molecule has 0 aromatic heterocycles. The Morgan fingerprint density at radius 3 is 2.80 bits per heavy atom. The van der Waals surface area contributed by atoms with Gasteiger partial charge in [-0.15, -0.1) is 0 Å². The van der Waals surface area contributed by atoms with Crippen LogP contribution < -0.4 is 0 Å². The molecule has 0 nitrogen and oxygen atoms in total. The van der Waals surface area contributed by atoms with Crippen LogP contribution >= 0.6 is 0 Å². The van der Waals surface area contributed by atoms with E-state index in [1.807, 2.05) is 0 Å². The second-order valence-corrected chi connectivity index (χ2v) is 3.43. The zero-order valence-electron chi connectivity index (χ0n) is 7.14. The maximum Gasteiger partial charge on any atom is -0.0320 e. The van der Waals surface area contributed by atoms with Gasteiger partial charge >= 0.3 is 0 Å². The van der Waals surface area contributed by atoms with E-state index in [1.165, 1.54) is 25.7 Å². The van der Waals surface area contributed by atoms with Gasteiger partial charge in [0, 0.05) is 0 Å². The van der Waals surface area contributed by atoms with Crippen LogP contribution in [0.1, 0.15) is 39.5 Å². The van der Waals surface area contributed by atoms with E-state index in [0.717, 1.165) is 11.8 Å². The molecular weight excluding hydrogens is 120 g/mol. The van der Waals surface area contributed by atoms with Crippen LogP contribution in [0.5, 0.6) is 0 Å². The molecular formula is C10H18. The third-order valence-corrected chi connectivity index (χ3v) is 2.76. The van der Waals surface area contributed by atoms with Gasteiger partial charge in [0.2, 0.25) is 0 Å². The minimum absolute atomic E-state index is 0.935. The van der Waals surface area contributed by atoms with Crippen molar-refractivity contribution in [1.82, 2.24) is 0 Å². The molecule has 2 unspecified atom stereocenters. The molecule has 0 spiro atoms. The molecule has 0 heteroatoms. The molecule has 58 valence electrons. The van der Waals surface area contributed by atoms with Gasteiger partial charge in [-0.05, 0) is 31.1 Å². The molecule has 2 atom stereocenters. The minimum Gasteiger partial charge on any atom is -0.0885 e. The Labute approximate surface area is 64.3 Å². The van der Waals surface area contributed by atoms with E-state index < -0.39 is 0 Å². The average molecular weight is 138 g/mol. The van der Waals surface area contributed by atoms with E-state index in [-0.39, 0.29) is 0 Å². The monoisotopic (exact) mass is 138 g/mol. The quantitative estimate of drug-likeness (QED) is 0.513. The molecule has 0 saturated carbocycles. The Hall–Kier alpha value is -0.260. The van der Waals surface area contributed by atoms with E-state index in [4.69, 9.17) is 0 Å². The Kier molecular flexibility index (Phi) is 2.98. The Morgan fingerprint density at radius 1 is 1.50 bits per heavy atom. The SMILES string of the molecule is CCC(C)C1CC=CCC1. The molecule has 1 aliphatic rings.